The second-order valence-electron chi connectivity index (χ2n) is 7.55. The Morgan fingerprint density at radius 3 is 2.80 bits per heavy atom. The Morgan fingerprint density at radius 2 is 1.97 bits per heavy atom. The van der Waals surface area contributed by atoms with Gasteiger partial charge in [-0.1, -0.05) is 18.2 Å². The highest BCUT2D eigenvalue weighted by Crippen LogP contribution is 2.36. The van der Waals surface area contributed by atoms with Crippen molar-refractivity contribution < 1.29 is 4.79 Å². The Balaban J connectivity index is 1.63. The van der Waals surface area contributed by atoms with Gasteiger partial charge in [-0.25, -0.2) is 0 Å². The van der Waals surface area contributed by atoms with Gasteiger partial charge in [0.1, 0.15) is 5.69 Å². The van der Waals surface area contributed by atoms with Crippen molar-refractivity contribution >= 4 is 16.8 Å². The number of para-hydroxylation sites is 1. The van der Waals surface area contributed by atoms with Crippen LogP contribution in [0.1, 0.15) is 28.0 Å². The van der Waals surface area contributed by atoms with Gasteiger partial charge in [-0.2, -0.15) is 5.10 Å². The van der Waals surface area contributed by atoms with E-state index >= 15 is 0 Å². The summed E-state index contributed by atoms with van der Waals surface area (Å²) in [4.78, 5) is 21.4. The minimum Gasteiger partial charge on any atom is -0.364 e. The van der Waals surface area contributed by atoms with Crippen molar-refractivity contribution in [3.05, 3.63) is 65.6 Å². The normalized spacial score (nSPS) is 12.6. The summed E-state index contributed by atoms with van der Waals surface area (Å²) in [5.41, 5.74) is 18.4. The number of benzene rings is 1. The number of aromatic nitrogens is 4. The minimum absolute atomic E-state index is 0.447. The molecule has 4 N–H and O–H groups in total. The Labute approximate surface area is 173 Å². The van der Waals surface area contributed by atoms with Crippen LogP contribution in [0.15, 0.2) is 48.8 Å². The Hall–Kier alpha value is -3.58. The molecule has 0 saturated carbocycles. The molecule has 0 saturated heterocycles. The van der Waals surface area contributed by atoms with E-state index in [4.69, 9.17) is 16.6 Å². The first kappa shape index (κ1) is 18.4. The third-order valence-electron chi connectivity index (χ3n) is 5.63. The molecule has 5 rings (SSSR count). The number of nitrogens with two attached hydrogens (primary N) is 2. The molecule has 0 unspecified atom stereocenters. The summed E-state index contributed by atoms with van der Waals surface area (Å²) >= 11 is 0. The first-order chi connectivity index (χ1) is 14.7. The third kappa shape index (κ3) is 3.04. The topological polar surface area (TPSA) is 113 Å². The first-order valence-corrected chi connectivity index (χ1v) is 10.1. The molecule has 4 aromatic rings. The van der Waals surface area contributed by atoms with Crippen LogP contribution in [0.25, 0.3) is 33.4 Å². The molecule has 0 aliphatic heterocycles. The maximum absolute atomic E-state index is 12.2. The molecule has 0 radical (unpaired) electrons. The zero-order chi connectivity index (χ0) is 20.7. The maximum atomic E-state index is 12.2. The van der Waals surface area contributed by atoms with Crippen molar-refractivity contribution in [3.63, 3.8) is 0 Å². The molecule has 1 aliphatic rings. The molecule has 150 valence electrons. The zero-order valence-corrected chi connectivity index (χ0v) is 16.5. The fourth-order valence-electron chi connectivity index (χ4n) is 4.16. The maximum Gasteiger partial charge on any atom is 0.267 e. The number of carbonyl (C=O) groups excluding carboxylic acids is 1. The zero-order valence-electron chi connectivity index (χ0n) is 16.5. The van der Waals surface area contributed by atoms with Gasteiger partial charge in [0.05, 0.1) is 16.9 Å². The smallest absolute Gasteiger partial charge is 0.267 e. The van der Waals surface area contributed by atoms with Crippen molar-refractivity contribution in [3.8, 4) is 22.5 Å². The first-order valence-electron chi connectivity index (χ1n) is 10.1. The van der Waals surface area contributed by atoms with Crippen LogP contribution in [0.2, 0.25) is 0 Å². The summed E-state index contributed by atoms with van der Waals surface area (Å²) in [7, 11) is 0. The van der Waals surface area contributed by atoms with Crippen molar-refractivity contribution in [2.24, 2.45) is 11.5 Å². The van der Waals surface area contributed by atoms with Gasteiger partial charge >= 0.3 is 0 Å². The van der Waals surface area contributed by atoms with Gasteiger partial charge in [-0.15, -0.1) is 0 Å². The molecule has 0 spiro atoms. The summed E-state index contributed by atoms with van der Waals surface area (Å²) in [5.74, 6) is -0.447. The predicted molar refractivity (Wildman–Crippen MR) is 116 cm³/mol. The van der Waals surface area contributed by atoms with Crippen molar-refractivity contribution in [2.45, 2.75) is 25.8 Å². The second kappa shape index (κ2) is 7.35. The molecule has 1 aliphatic carbocycles. The number of hydrogen-bond acceptors (Lipinski definition) is 5. The molecule has 0 atom stereocenters. The number of rotatable bonds is 5. The average molecular weight is 398 g/mol. The van der Waals surface area contributed by atoms with Gasteiger partial charge in [-0.05, 0) is 49.6 Å². The van der Waals surface area contributed by atoms with E-state index in [0.29, 0.717) is 18.8 Å². The summed E-state index contributed by atoms with van der Waals surface area (Å²) < 4.78 is 1.71. The van der Waals surface area contributed by atoms with E-state index in [1.165, 1.54) is 0 Å². The number of aryl methyl sites for hydroxylation is 2. The summed E-state index contributed by atoms with van der Waals surface area (Å²) in [6, 6.07) is 12.1. The van der Waals surface area contributed by atoms with Crippen LogP contribution < -0.4 is 11.5 Å². The molecule has 0 fully saturated rings. The van der Waals surface area contributed by atoms with Crippen LogP contribution in [-0.4, -0.2) is 32.2 Å². The molecule has 0 bridgehead atoms. The Bertz CT molecular complexity index is 1280. The number of hydrogen-bond donors (Lipinski definition) is 2. The number of primary amides is 1. The lowest BCUT2D eigenvalue weighted by atomic mass is 9.89. The molecular weight excluding hydrogens is 376 g/mol. The predicted octanol–water partition coefficient (Wildman–Crippen LogP) is 2.71. The Morgan fingerprint density at radius 1 is 1.10 bits per heavy atom. The lowest BCUT2D eigenvalue weighted by Gasteiger charge is -2.16. The van der Waals surface area contributed by atoms with Crippen LogP contribution in [0.3, 0.4) is 0 Å². The van der Waals surface area contributed by atoms with E-state index < -0.39 is 5.91 Å². The highest BCUT2D eigenvalue weighted by Gasteiger charge is 2.27. The van der Waals surface area contributed by atoms with E-state index in [2.05, 4.69) is 16.0 Å². The van der Waals surface area contributed by atoms with E-state index in [9.17, 15) is 4.79 Å². The van der Waals surface area contributed by atoms with E-state index in [1.807, 2.05) is 42.7 Å². The molecule has 7 nitrogen and oxygen atoms in total. The fourth-order valence-corrected chi connectivity index (χ4v) is 4.16. The third-order valence-corrected chi connectivity index (χ3v) is 5.63. The lowest BCUT2D eigenvalue weighted by molar-refractivity contribution is 0.0988. The number of nitrogens with zero attached hydrogens (tertiary/aromatic N) is 4. The van der Waals surface area contributed by atoms with Gasteiger partial charge < -0.3 is 11.5 Å². The van der Waals surface area contributed by atoms with Crippen molar-refractivity contribution in [1.29, 1.82) is 0 Å². The lowest BCUT2D eigenvalue weighted by Crippen LogP contribution is -2.20. The van der Waals surface area contributed by atoms with Crippen LogP contribution in [0, 0.1) is 0 Å². The Kier molecular flexibility index (Phi) is 4.52. The van der Waals surface area contributed by atoms with E-state index in [-0.39, 0.29) is 0 Å². The van der Waals surface area contributed by atoms with E-state index in [1.54, 1.807) is 4.68 Å². The molecule has 30 heavy (non-hydrogen) atoms. The molecular formula is C23H22N6O. The van der Waals surface area contributed by atoms with Crippen LogP contribution in [-0.2, 0) is 19.4 Å². The number of amides is 1. The van der Waals surface area contributed by atoms with Gasteiger partial charge in [0.25, 0.3) is 5.91 Å². The number of carbonyl (C=O) groups is 1. The van der Waals surface area contributed by atoms with Gasteiger partial charge in [0.2, 0.25) is 0 Å². The highest BCUT2D eigenvalue weighted by molar-refractivity contribution is 5.95. The van der Waals surface area contributed by atoms with Crippen LogP contribution in [0.5, 0.6) is 0 Å². The molecule has 3 heterocycles. The molecule has 1 aromatic carbocycles. The van der Waals surface area contributed by atoms with Crippen LogP contribution >= 0.6 is 0 Å². The molecule has 3 aromatic heterocycles. The number of pyridine rings is 2. The van der Waals surface area contributed by atoms with E-state index in [0.717, 1.165) is 63.8 Å². The monoisotopic (exact) mass is 398 g/mol. The van der Waals surface area contributed by atoms with Gasteiger partial charge in [-0.3, -0.25) is 19.4 Å². The highest BCUT2D eigenvalue weighted by atomic mass is 16.1. The SMILES string of the molecule is NCCCn1nc2c(c1C(N)=O)CCc1cnc(-c3cnc4ccccc4c3)cc1-2. The fraction of sp³-hybridized carbons (Fsp3) is 0.217. The summed E-state index contributed by atoms with van der Waals surface area (Å²) in [6.45, 7) is 1.10. The molecule has 1 amide bonds. The summed E-state index contributed by atoms with van der Waals surface area (Å²) in [6.07, 6.45) is 6.01. The van der Waals surface area contributed by atoms with Crippen molar-refractivity contribution in [1.82, 2.24) is 19.7 Å². The quantitative estimate of drug-likeness (QED) is 0.537. The minimum atomic E-state index is -0.447. The largest absolute Gasteiger partial charge is 0.364 e. The second-order valence-corrected chi connectivity index (χ2v) is 7.55. The van der Waals surface area contributed by atoms with Crippen molar-refractivity contribution in [2.75, 3.05) is 6.54 Å². The average Bonchev–Trinajstić information content (AvgIpc) is 3.16. The van der Waals surface area contributed by atoms with Gasteiger partial charge in [0, 0.05) is 41.0 Å². The molecule has 7 heteroatoms. The number of fused-ring (bicyclic) bond motifs is 4. The van der Waals surface area contributed by atoms with Gasteiger partial charge in [0.15, 0.2) is 0 Å². The van der Waals surface area contributed by atoms with Crippen LogP contribution in [0.4, 0.5) is 0 Å². The standard InChI is InChI=1S/C23H22N6O/c24-8-3-9-29-22(23(25)30)17-7-6-15-12-27-20(11-18(15)21(17)28-29)16-10-14-4-1-2-5-19(14)26-13-16/h1-2,4-5,10-13H,3,6-9,24H2,(H2,25,30). The summed E-state index contributed by atoms with van der Waals surface area (Å²) in [5, 5.41) is 5.82.